The minimum atomic E-state index is -1.29. The van der Waals surface area contributed by atoms with Gasteiger partial charge in [0.15, 0.2) is 0 Å². The zero-order valence-corrected chi connectivity index (χ0v) is 11.6. The zero-order valence-electron chi connectivity index (χ0n) is 11.6. The lowest BCUT2D eigenvalue weighted by Crippen LogP contribution is -2.51. The van der Waals surface area contributed by atoms with Gasteiger partial charge in [0.1, 0.15) is 6.04 Å². The number of carboxylic acids is 1. The van der Waals surface area contributed by atoms with Crippen LogP contribution in [0.1, 0.15) is 19.3 Å². The van der Waals surface area contributed by atoms with Gasteiger partial charge in [-0.1, -0.05) is 0 Å². The Morgan fingerprint density at radius 3 is 2.50 bits per heavy atom. The van der Waals surface area contributed by atoms with E-state index in [0.717, 1.165) is 7.11 Å². The first kappa shape index (κ1) is 16.2. The second-order valence-corrected chi connectivity index (χ2v) is 4.58. The van der Waals surface area contributed by atoms with Gasteiger partial charge in [-0.3, -0.25) is 4.79 Å². The van der Waals surface area contributed by atoms with Crippen molar-refractivity contribution in [1.29, 1.82) is 0 Å². The Bertz CT molecular complexity index is 367. The minimum absolute atomic E-state index is 0.0105. The fraction of sp³-hybridized carbons (Fsp3) is 0.750. The van der Waals surface area contributed by atoms with Crippen molar-refractivity contribution in [2.75, 3.05) is 27.4 Å². The number of carboxylic acid groups (broad SMARTS) is 1. The van der Waals surface area contributed by atoms with Crippen LogP contribution in [0.25, 0.3) is 0 Å². The van der Waals surface area contributed by atoms with Crippen LogP contribution in [-0.4, -0.2) is 67.4 Å². The number of carbonyl (C=O) groups excluding carboxylic acids is 2. The number of nitrogens with zero attached hydrogens (tertiary/aromatic N) is 1. The molecule has 20 heavy (non-hydrogen) atoms. The van der Waals surface area contributed by atoms with Gasteiger partial charge in [-0.2, -0.15) is 0 Å². The van der Waals surface area contributed by atoms with Crippen molar-refractivity contribution in [2.24, 2.45) is 0 Å². The van der Waals surface area contributed by atoms with Crippen LogP contribution in [0, 0.1) is 0 Å². The summed E-state index contributed by atoms with van der Waals surface area (Å²) in [5.74, 6) is -1.96. The van der Waals surface area contributed by atoms with Gasteiger partial charge in [-0.15, -0.1) is 0 Å². The molecule has 1 aliphatic rings. The summed E-state index contributed by atoms with van der Waals surface area (Å²) in [7, 11) is 2.76. The van der Waals surface area contributed by atoms with E-state index in [4.69, 9.17) is 9.84 Å². The van der Waals surface area contributed by atoms with E-state index in [0.29, 0.717) is 26.1 Å². The molecule has 1 aliphatic heterocycles. The summed E-state index contributed by atoms with van der Waals surface area (Å²) in [4.78, 5) is 35.6. The van der Waals surface area contributed by atoms with E-state index in [-0.39, 0.29) is 6.04 Å². The van der Waals surface area contributed by atoms with E-state index in [9.17, 15) is 14.4 Å². The average Bonchev–Trinajstić information content (AvgIpc) is 2.46. The second-order valence-electron chi connectivity index (χ2n) is 4.58. The van der Waals surface area contributed by atoms with E-state index in [2.05, 4.69) is 10.1 Å². The van der Waals surface area contributed by atoms with Crippen molar-refractivity contribution in [3.05, 3.63) is 0 Å². The highest BCUT2D eigenvalue weighted by molar-refractivity contribution is 5.86. The summed E-state index contributed by atoms with van der Waals surface area (Å²) in [6.45, 7) is 1.15. The molecule has 1 atom stereocenters. The maximum Gasteiger partial charge on any atom is 0.326 e. The van der Waals surface area contributed by atoms with Crippen molar-refractivity contribution < 1.29 is 29.0 Å². The van der Waals surface area contributed by atoms with Crippen LogP contribution in [0.2, 0.25) is 0 Å². The first-order valence-corrected chi connectivity index (χ1v) is 6.36. The molecule has 2 amide bonds. The molecule has 0 aromatic carbocycles. The third-order valence-electron chi connectivity index (χ3n) is 3.25. The number of nitrogens with one attached hydrogen (secondary N) is 1. The van der Waals surface area contributed by atoms with E-state index in [1.54, 1.807) is 7.05 Å². The van der Waals surface area contributed by atoms with Crippen molar-refractivity contribution in [3.8, 4) is 0 Å². The highest BCUT2D eigenvalue weighted by Crippen LogP contribution is 2.13. The predicted molar refractivity (Wildman–Crippen MR) is 68.2 cm³/mol. The third-order valence-corrected chi connectivity index (χ3v) is 3.25. The third kappa shape index (κ3) is 4.69. The molecule has 0 spiro atoms. The summed E-state index contributed by atoms with van der Waals surface area (Å²) in [5, 5.41) is 11.3. The minimum Gasteiger partial charge on any atom is -0.480 e. The number of aliphatic carboxylic acids is 1. The van der Waals surface area contributed by atoms with Crippen molar-refractivity contribution in [3.63, 3.8) is 0 Å². The molecule has 0 radical (unpaired) electrons. The quantitative estimate of drug-likeness (QED) is 0.680. The van der Waals surface area contributed by atoms with E-state index >= 15 is 0 Å². The van der Waals surface area contributed by atoms with Crippen LogP contribution in [0.5, 0.6) is 0 Å². The summed E-state index contributed by atoms with van der Waals surface area (Å²) in [6.07, 6.45) is 1.01. The summed E-state index contributed by atoms with van der Waals surface area (Å²) < 4.78 is 9.61. The monoisotopic (exact) mass is 288 g/mol. The second kappa shape index (κ2) is 7.68. The SMILES string of the molecule is COC(=O)C[C@H](NC(=O)N(C)C1CCOCC1)C(=O)O. The molecule has 1 heterocycles. The standard InChI is InChI=1S/C12H20N2O6/c1-14(8-3-5-20-6-4-8)12(18)13-9(11(16)17)7-10(15)19-2/h8-9H,3-7H2,1-2H3,(H,13,18)(H,16,17)/t9-/m0/s1. The van der Waals surface area contributed by atoms with Crippen molar-refractivity contribution in [1.82, 2.24) is 10.2 Å². The molecule has 0 saturated carbocycles. The summed E-state index contributed by atoms with van der Waals surface area (Å²) in [5.41, 5.74) is 0. The lowest BCUT2D eigenvalue weighted by molar-refractivity contribution is -0.147. The van der Waals surface area contributed by atoms with Crippen LogP contribution < -0.4 is 5.32 Å². The smallest absolute Gasteiger partial charge is 0.326 e. The Labute approximate surface area is 117 Å². The molecule has 114 valence electrons. The number of hydrogen-bond acceptors (Lipinski definition) is 5. The van der Waals surface area contributed by atoms with Crippen LogP contribution in [0.4, 0.5) is 4.79 Å². The van der Waals surface area contributed by atoms with Crippen LogP contribution in [0.15, 0.2) is 0 Å². The maximum atomic E-state index is 12.0. The molecule has 0 unspecified atom stereocenters. The van der Waals surface area contributed by atoms with Gasteiger partial charge in [0.2, 0.25) is 0 Å². The Hall–Kier alpha value is -1.83. The average molecular weight is 288 g/mol. The number of urea groups is 1. The van der Waals surface area contributed by atoms with Crippen LogP contribution in [-0.2, 0) is 19.1 Å². The lowest BCUT2D eigenvalue weighted by atomic mass is 10.1. The molecule has 0 bridgehead atoms. The zero-order chi connectivity index (χ0) is 15.1. The van der Waals surface area contributed by atoms with Gasteiger partial charge < -0.3 is 24.8 Å². The van der Waals surface area contributed by atoms with Crippen LogP contribution in [0.3, 0.4) is 0 Å². The van der Waals surface area contributed by atoms with Gasteiger partial charge >= 0.3 is 18.0 Å². The Morgan fingerprint density at radius 1 is 1.40 bits per heavy atom. The largest absolute Gasteiger partial charge is 0.480 e. The van der Waals surface area contributed by atoms with Gasteiger partial charge in [0.05, 0.1) is 13.5 Å². The maximum absolute atomic E-state index is 12.0. The molecule has 2 N–H and O–H groups in total. The highest BCUT2D eigenvalue weighted by atomic mass is 16.5. The first-order chi connectivity index (χ1) is 9.45. The number of carbonyl (C=O) groups is 3. The summed E-state index contributed by atoms with van der Waals surface area (Å²) in [6, 6.07) is -1.80. The van der Waals surface area contributed by atoms with Crippen molar-refractivity contribution >= 4 is 18.0 Å². The topological polar surface area (TPSA) is 105 Å². The molecule has 1 saturated heterocycles. The number of amides is 2. The van der Waals surface area contributed by atoms with Crippen molar-refractivity contribution in [2.45, 2.75) is 31.3 Å². The number of hydrogen-bond donors (Lipinski definition) is 2. The van der Waals surface area contributed by atoms with Gasteiger partial charge in [0, 0.05) is 26.3 Å². The first-order valence-electron chi connectivity index (χ1n) is 6.36. The van der Waals surface area contributed by atoms with E-state index < -0.39 is 30.4 Å². The molecule has 0 aliphatic carbocycles. The number of ether oxygens (including phenoxy) is 2. The van der Waals surface area contributed by atoms with Gasteiger partial charge in [-0.25, -0.2) is 9.59 Å². The highest BCUT2D eigenvalue weighted by Gasteiger charge is 2.28. The Balaban J connectivity index is 2.55. The number of rotatable bonds is 5. The molecule has 0 aromatic heterocycles. The Morgan fingerprint density at radius 2 is 2.00 bits per heavy atom. The predicted octanol–water partition coefficient (Wildman–Crippen LogP) is -0.177. The Kier molecular flexibility index (Phi) is 6.23. The molecule has 1 fully saturated rings. The molecular formula is C12H20N2O6. The van der Waals surface area contributed by atoms with Gasteiger partial charge in [0.25, 0.3) is 0 Å². The van der Waals surface area contributed by atoms with E-state index in [1.807, 2.05) is 0 Å². The number of methoxy groups -OCH3 is 1. The summed E-state index contributed by atoms with van der Waals surface area (Å²) >= 11 is 0. The fourth-order valence-electron chi connectivity index (χ4n) is 1.94. The molecule has 8 nitrogen and oxygen atoms in total. The van der Waals surface area contributed by atoms with Gasteiger partial charge in [-0.05, 0) is 12.8 Å². The number of esters is 1. The van der Waals surface area contributed by atoms with Crippen LogP contribution >= 0.6 is 0 Å². The fourth-order valence-corrected chi connectivity index (χ4v) is 1.94. The lowest BCUT2D eigenvalue weighted by Gasteiger charge is -2.32. The molecule has 0 aromatic rings. The normalized spacial score (nSPS) is 17.1. The molecular weight excluding hydrogens is 268 g/mol. The van der Waals surface area contributed by atoms with E-state index in [1.165, 1.54) is 4.90 Å². The molecule has 8 heteroatoms. The molecule has 1 rings (SSSR count).